The molecule has 3 aromatic rings. The molecule has 7 heteroatoms. The summed E-state index contributed by atoms with van der Waals surface area (Å²) in [7, 11) is 0. The zero-order valence-electron chi connectivity index (χ0n) is 14.9. The third kappa shape index (κ3) is 3.82. The number of nitrogens with zero attached hydrogens (tertiary/aromatic N) is 4. The van der Waals surface area contributed by atoms with Gasteiger partial charge in [0, 0.05) is 43.0 Å². The Bertz CT molecular complexity index is 934. The number of carbonyl (C=O) groups is 1. The lowest BCUT2D eigenvalue weighted by Crippen LogP contribution is -2.49. The quantitative estimate of drug-likeness (QED) is 0.665. The Morgan fingerprint density at radius 3 is 2.48 bits per heavy atom. The number of anilines is 1. The second-order valence-corrected chi connectivity index (χ2v) is 7.84. The fraction of sp³-hybridized carbons (Fsp3) is 0.250. The van der Waals surface area contributed by atoms with Crippen LogP contribution in [0, 0.1) is 6.92 Å². The van der Waals surface area contributed by atoms with E-state index < -0.39 is 0 Å². The fourth-order valence-electron chi connectivity index (χ4n) is 3.13. The van der Waals surface area contributed by atoms with Gasteiger partial charge in [0.1, 0.15) is 15.7 Å². The topological polar surface area (TPSA) is 49.3 Å². The number of carbonyl (C=O) groups excluding carboxylic acids is 1. The lowest BCUT2D eigenvalue weighted by Gasteiger charge is -2.35. The van der Waals surface area contributed by atoms with Gasteiger partial charge in [-0.05, 0) is 31.2 Å². The van der Waals surface area contributed by atoms with E-state index in [4.69, 9.17) is 11.6 Å². The van der Waals surface area contributed by atoms with E-state index in [2.05, 4.69) is 14.9 Å². The number of aryl methyl sites for hydroxylation is 1. The molecule has 0 bridgehead atoms. The molecule has 138 valence electrons. The van der Waals surface area contributed by atoms with E-state index in [0.717, 1.165) is 35.2 Å². The van der Waals surface area contributed by atoms with Gasteiger partial charge in [0.2, 0.25) is 0 Å². The minimum atomic E-state index is 0.0610. The molecule has 4 rings (SSSR count). The van der Waals surface area contributed by atoms with Crippen molar-refractivity contribution in [2.45, 2.75) is 6.92 Å². The Morgan fingerprint density at radius 1 is 1.07 bits per heavy atom. The normalized spacial score (nSPS) is 14.4. The summed E-state index contributed by atoms with van der Waals surface area (Å²) >= 11 is 7.40. The predicted molar refractivity (Wildman–Crippen MR) is 110 cm³/mol. The molecule has 1 aromatic carbocycles. The highest BCUT2D eigenvalue weighted by Crippen LogP contribution is 2.30. The summed E-state index contributed by atoms with van der Waals surface area (Å²) in [6.45, 7) is 4.83. The van der Waals surface area contributed by atoms with Crippen molar-refractivity contribution in [3.63, 3.8) is 0 Å². The molecule has 0 radical (unpaired) electrons. The number of benzene rings is 1. The summed E-state index contributed by atoms with van der Waals surface area (Å²) in [6, 6.07) is 13.4. The van der Waals surface area contributed by atoms with Crippen LogP contribution >= 0.6 is 22.9 Å². The predicted octanol–water partition coefficient (Wildman–Crippen LogP) is 4.13. The van der Waals surface area contributed by atoms with Gasteiger partial charge in [0.25, 0.3) is 5.91 Å². The molecule has 3 heterocycles. The van der Waals surface area contributed by atoms with E-state index in [1.165, 1.54) is 11.3 Å². The molecule has 0 spiro atoms. The summed E-state index contributed by atoms with van der Waals surface area (Å²) in [5.74, 6) is 1.02. The first kappa shape index (κ1) is 17.9. The molecule has 27 heavy (non-hydrogen) atoms. The molecule has 1 aliphatic rings. The second kappa shape index (κ2) is 7.66. The number of piperazine rings is 1. The van der Waals surface area contributed by atoms with E-state index in [-0.39, 0.29) is 5.91 Å². The Morgan fingerprint density at radius 2 is 1.81 bits per heavy atom. The summed E-state index contributed by atoms with van der Waals surface area (Å²) in [6.07, 6.45) is 1.80. The van der Waals surface area contributed by atoms with Crippen LogP contribution in [-0.4, -0.2) is 47.0 Å². The smallest absolute Gasteiger partial charge is 0.265 e. The van der Waals surface area contributed by atoms with Gasteiger partial charge < -0.3 is 9.80 Å². The van der Waals surface area contributed by atoms with Gasteiger partial charge in [-0.2, -0.15) is 0 Å². The van der Waals surface area contributed by atoms with Gasteiger partial charge in [-0.1, -0.05) is 29.8 Å². The van der Waals surface area contributed by atoms with Crippen molar-refractivity contribution in [3.8, 4) is 10.6 Å². The Balaban J connectivity index is 1.47. The maximum atomic E-state index is 13.0. The number of aromatic nitrogens is 2. The first-order valence-electron chi connectivity index (χ1n) is 8.80. The van der Waals surface area contributed by atoms with Crippen LogP contribution in [0.3, 0.4) is 0 Å². The molecule has 0 saturated carbocycles. The standard InChI is InChI=1S/C20H19ClN4OS/c1-14-18(27-19(23-14)15-5-7-16(21)8-6-15)20(26)25-12-10-24(11-13-25)17-4-2-3-9-22-17/h2-9H,10-13H2,1H3. The van der Waals surface area contributed by atoms with E-state index in [0.29, 0.717) is 23.0 Å². The van der Waals surface area contributed by atoms with Gasteiger partial charge in [0.05, 0.1) is 5.69 Å². The fourth-order valence-corrected chi connectivity index (χ4v) is 4.30. The highest BCUT2D eigenvalue weighted by atomic mass is 35.5. The van der Waals surface area contributed by atoms with Crippen LogP contribution in [0.2, 0.25) is 5.02 Å². The molecule has 2 aromatic heterocycles. The lowest BCUT2D eigenvalue weighted by molar-refractivity contribution is 0.0750. The summed E-state index contributed by atoms with van der Waals surface area (Å²) in [5, 5.41) is 1.54. The number of amides is 1. The Hall–Kier alpha value is -2.44. The second-order valence-electron chi connectivity index (χ2n) is 6.41. The number of hydrogen-bond acceptors (Lipinski definition) is 5. The van der Waals surface area contributed by atoms with Crippen molar-refractivity contribution in [1.29, 1.82) is 0 Å². The van der Waals surface area contributed by atoms with Crippen molar-refractivity contribution in [2.24, 2.45) is 0 Å². The van der Waals surface area contributed by atoms with E-state index in [1.54, 1.807) is 6.20 Å². The van der Waals surface area contributed by atoms with E-state index in [1.807, 2.05) is 54.3 Å². The molecule has 0 N–H and O–H groups in total. The minimum Gasteiger partial charge on any atom is -0.353 e. The lowest BCUT2D eigenvalue weighted by atomic mass is 10.2. The van der Waals surface area contributed by atoms with Crippen LogP contribution in [-0.2, 0) is 0 Å². The van der Waals surface area contributed by atoms with Crippen LogP contribution in [0.25, 0.3) is 10.6 Å². The number of rotatable bonds is 3. The van der Waals surface area contributed by atoms with Crippen molar-refractivity contribution < 1.29 is 4.79 Å². The highest BCUT2D eigenvalue weighted by molar-refractivity contribution is 7.17. The van der Waals surface area contributed by atoms with Crippen LogP contribution in [0.15, 0.2) is 48.7 Å². The van der Waals surface area contributed by atoms with Crippen molar-refractivity contribution in [1.82, 2.24) is 14.9 Å². The third-order valence-electron chi connectivity index (χ3n) is 4.62. The van der Waals surface area contributed by atoms with Crippen LogP contribution in [0.4, 0.5) is 5.82 Å². The first-order chi connectivity index (χ1) is 13.1. The third-order valence-corrected chi connectivity index (χ3v) is 6.07. The first-order valence-corrected chi connectivity index (χ1v) is 10.00. The zero-order chi connectivity index (χ0) is 18.8. The summed E-state index contributed by atoms with van der Waals surface area (Å²) in [5.41, 5.74) is 1.76. The van der Waals surface area contributed by atoms with Crippen molar-refractivity contribution in [2.75, 3.05) is 31.1 Å². The Kier molecular flexibility index (Phi) is 5.09. The average molecular weight is 399 g/mol. The molecule has 1 aliphatic heterocycles. The molecular formula is C20H19ClN4OS. The molecular weight excluding hydrogens is 380 g/mol. The highest BCUT2D eigenvalue weighted by Gasteiger charge is 2.26. The number of thiazole rings is 1. The van der Waals surface area contributed by atoms with Gasteiger partial charge in [-0.15, -0.1) is 11.3 Å². The number of halogens is 1. The molecule has 1 fully saturated rings. The van der Waals surface area contributed by atoms with Gasteiger partial charge in [-0.3, -0.25) is 4.79 Å². The molecule has 1 amide bonds. The maximum Gasteiger partial charge on any atom is 0.265 e. The van der Waals surface area contributed by atoms with Crippen LogP contribution < -0.4 is 4.90 Å². The van der Waals surface area contributed by atoms with Crippen molar-refractivity contribution >= 4 is 34.7 Å². The molecule has 5 nitrogen and oxygen atoms in total. The Labute approximate surface area is 167 Å². The molecule has 1 saturated heterocycles. The number of hydrogen-bond donors (Lipinski definition) is 0. The van der Waals surface area contributed by atoms with E-state index in [9.17, 15) is 4.79 Å². The van der Waals surface area contributed by atoms with Crippen LogP contribution in [0.5, 0.6) is 0 Å². The summed E-state index contributed by atoms with van der Waals surface area (Å²) in [4.78, 5) is 26.8. The maximum absolute atomic E-state index is 13.0. The summed E-state index contributed by atoms with van der Waals surface area (Å²) < 4.78 is 0. The van der Waals surface area contributed by atoms with Crippen LogP contribution in [0.1, 0.15) is 15.4 Å². The SMILES string of the molecule is Cc1nc(-c2ccc(Cl)cc2)sc1C(=O)N1CCN(c2ccccn2)CC1. The molecule has 0 unspecified atom stereocenters. The van der Waals surface area contributed by atoms with Gasteiger partial charge in [0.15, 0.2) is 0 Å². The van der Waals surface area contributed by atoms with Crippen molar-refractivity contribution in [3.05, 3.63) is 64.3 Å². The molecule has 0 aliphatic carbocycles. The minimum absolute atomic E-state index is 0.0610. The zero-order valence-corrected chi connectivity index (χ0v) is 16.5. The monoisotopic (exact) mass is 398 g/mol. The molecule has 0 atom stereocenters. The van der Waals surface area contributed by atoms with Gasteiger partial charge in [-0.25, -0.2) is 9.97 Å². The number of pyridine rings is 1. The average Bonchev–Trinajstić information content (AvgIpc) is 3.10. The largest absolute Gasteiger partial charge is 0.353 e. The van der Waals surface area contributed by atoms with Gasteiger partial charge >= 0.3 is 0 Å². The van der Waals surface area contributed by atoms with E-state index >= 15 is 0 Å².